The van der Waals surface area contributed by atoms with E-state index in [4.69, 9.17) is 28.4 Å². The van der Waals surface area contributed by atoms with Gasteiger partial charge in [-0.25, -0.2) is 0 Å². The molecule has 0 aromatic heterocycles. The van der Waals surface area contributed by atoms with Gasteiger partial charge in [0.25, 0.3) is 0 Å². The molecule has 1 amide bonds. The molecule has 17 atom stereocenters. The smallest absolute Gasteiger partial charge is 0.220 e. The van der Waals surface area contributed by atoms with Gasteiger partial charge in [0, 0.05) is 6.42 Å². The zero-order valence-electron chi connectivity index (χ0n) is 61.6. The van der Waals surface area contributed by atoms with Crippen molar-refractivity contribution >= 4 is 5.91 Å². The Hall–Kier alpha value is -4.07. The highest BCUT2D eigenvalue weighted by atomic mass is 16.8. The molecular weight excluding hydrogens is 1290 g/mol. The molecule has 0 aromatic carbocycles. The number of hydrogen-bond donors (Lipinski definition) is 12. The number of aliphatic hydroxyl groups excluding tert-OH is 11. The van der Waals surface area contributed by atoms with E-state index in [1.165, 1.54) is 103 Å². The highest BCUT2D eigenvalue weighted by Crippen LogP contribution is 2.33. The first-order chi connectivity index (χ1) is 49.3. The summed E-state index contributed by atoms with van der Waals surface area (Å²) in [6.45, 7) is 1.59. The zero-order chi connectivity index (χ0) is 73.2. The van der Waals surface area contributed by atoms with Gasteiger partial charge in [0.2, 0.25) is 5.91 Å². The van der Waals surface area contributed by atoms with Gasteiger partial charge in [-0.1, -0.05) is 270 Å². The molecule has 3 aliphatic heterocycles. The van der Waals surface area contributed by atoms with E-state index < -0.39 is 124 Å². The van der Waals surface area contributed by atoms with Crippen LogP contribution in [0.15, 0.2) is 134 Å². The van der Waals surface area contributed by atoms with Crippen LogP contribution in [0.2, 0.25) is 0 Å². The molecule has 3 rings (SSSR count). The molecule has 19 heteroatoms. The lowest BCUT2D eigenvalue weighted by molar-refractivity contribution is -0.379. The summed E-state index contributed by atoms with van der Waals surface area (Å²) in [7, 11) is 0. The average Bonchev–Trinajstić information content (AvgIpc) is 0.783. The third-order valence-electron chi connectivity index (χ3n) is 18.4. The number of carbonyl (C=O) groups excluding carboxylic acids is 1. The maximum atomic E-state index is 13.5. The third-order valence-corrected chi connectivity index (χ3v) is 18.4. The molecule has 0 aliphatic carbocycles. The van der Waals surface area contributed by atoms with Gasteiger partial charge in [0.15, 0.2) is 18.9 Å². The quantitative estimate of drug-likeness (QED) is 0.0199. The molecule has 0 spiro atoms. The van der Waals surface area contributed by atoms with Gasteiger partial charge in [0.1, 0.15) is 73.2 Å². The maximum absolute atomic E-state index is 13.5. The van der Waals surface area contributed by atoms with Crippen LogP contribution in [0.1, 0.15) is 245 Å². The molecule has 3 saturated heterocycles. The predicted octanol–water partition coefficient (Wildman–Crippen LogP) is 12.5. The minimum Gasteiger partial charge on any atom is -0.394 e. The number of rotatable bonds is 59. The second-order valence-corrected chi connectivity index (χ2v) is 27.1. The molecular formula is C82H137NO18. The van der Waals surface area contributed by atoms with Crippen LogP contribution in [0.3, 0.4) is 0 Å². The fourth-order valence-corrected chi connectivity index (χ4v) is 12.2. The van der Waals surface area contributed by atoms with E-state index in [2.05, 4.69) is 141 Å². The number of aliphatic hydroxyl groups is 11. The standard InChI is InChI=1S/C82H137NO18/c1-3-5-7-9-11-13-15-17-19-21-23-25-27-28-29-30-31-32-33-34-35-36-38-40-42-44-46-48-50-52-54-56-58-60-70(88)83-65(66(87)59-57-55-53-51-49-47-45-43-41-39-37-26-24-22-20-18-16-14-12-10-8-6-4-2)64-96-80-76(94)73(91)78(68(62-85)98-80)101-82-77(95)74(92)79(69(63-86)99-82)100-81-75(93)72(90)71(89)67(61-84)97-81/h5,7,11,13,17,19,23,25,28-29,31-32,34-35,38,40,44,46,49,51,57,59,65-69,71-82,84-87,89-95H,3-4,6,8-10,12,14-16,18,20-22,24,26-27,30,33,36-37,39,41-43,45,47-48,50,52-56,58,60-64H2,1-2H3,(H,83,88)/b7-5-,13-11-,19-17-,25-23-,29-28-,32-31-,35-34-,40-38-,46-44-,51-49+,59-57+. The van der Waals surface area contributed by atoms with E-state index in [0.29, 0.717) is 12.8 Å². The zero-order valence-corrected chi connectivity index (χ0v) is 61.6. The lowest BCUT2D eigenvalue weighted by Gasteiger charge is -2.48. The minimum absolute atomic E-state index is 0.204. The van der Waals surface area contributed by atoms with Crippen LogP contribution in [0.25, 0.3) is 0 Å². The summed E-state index contributed by atoms with van der Waals surface area (Å²) in [4.78, 5) is 13.5. The van der Waals surface area contributed by atoms with Gasteiger partial charge >= 0.3 is 0 Å². The van der Waals surface area contributed by atoms with Gasteiger partial charge in [-0.15, -0.1) is 0 Å². The second kappa shape index (κ2) is 61.1. The van der Waals surface area contributed by atoms with Crippen molar-refractivity contribution in [2.24, 2.45) is 0 Å². The number of nitrogens with one attached hydrogen (secondary N) is 1. The fraction of sp³-hybridized carbons (Fsp3) is 0.720. The Labute approximate surface area is 607 Å². The van der Waals surface area contributed by atoms with Crippen LogP contribution in [-0.2, 0) is 33.2 Å². The van der Waals surface area contributed by atoms with Gasteiger partial charge in [-0.3, -0.25) is 4.79 Å². The molecule has 0 saturated carbocycles. The highest BCUT2D eigenvalue weighted by Gasteiger charge is 2.53. The van der Waals surface area contributed by atoms with Crippen molar-refractivity contribution in [1.29, 1.82) is 0 Å². The van der Waals surface area contributed by atoms with E-state index in [0.717, 1.165) is 109 Å². The molecule has 12 N–H and O–H groups in total. The third kappa shape index (κ3) is 41.4. The Bertz CT molecular complexity index is 2350. The normalized spacial score (nSPS) is 27.1. The van der Waals surface area contributed by atoms with Crippen LogP contribution in [0, 0.1) is 0 Å². The molecule has 578 valence electrons. The summed E-state index contributed by atoms with van der Waals surface area (Å²) in [5.41, 5.74) is 0. The molecule has 3 aliphatic rings. The Morgan fingerprint density at radius 1 is 0.366 bits per heavy atom. The van der Waals surface area contributed by atoms with Crippen molar-refractivity contribution in [2.45, 2.75) is 349 Å². The number of ether oxygens (including phenoxy) is 6. The molecule has 0 radical (unpaired) electrons. The summed E-state index contributed by atoms with van der Waals surface area (Å²) < 4.78 is 34.4. The van der Waals surface area contributed by atoms with E-state index in [9.17, 15) is 61.0 Å². The second-order valence-electron chi connectivity index (χ2n) is 27.1. The first-order valence-corrected chi connectivity index (χ1v) is 38.9. The van der Waals surface area contributed by atoms with Crippen LogP contribution >= 0.6 is 0 Å². The van der Waals surface area contributed by atoms with Crippen molar-refractivity contribution in [3.63, 3.8) is 0 Å². The van der Waals surface area contributed by atoms with Gasteiger partial charge in [-0.05, 0) is 103 Å². The first-order valence-electron chi connectivity index (χ1n) is 38.9. The lowest BCUT2D eigenvalue weighted by Crippen LogP contribution is -2.66. The van der Waals surface area contributed by atoms with Crippen molar-refractivity contribution in [3.8, 4) is 0 Å². The number of carbonyl (C=O) groups is 1. The van der Waals surface area contributed by atoms with Crippen molar-refractivity contribution in [2.75, 3.05) is 26.4 Å². The van der Waals surface area contributed by atoms with Crippen LogP contribution < -0.4 is 5.32 Å². The van der Waals surface area contributed by atoms with Crippen molar-refractivity contribution in [3.05, 3.63) is 134 Å². The summed E-state index contributed by atoms with van der Waals surface area (Å²) in [5.74, 6) is -0.309. The SMILES string of the molecule is CC/C=C\C/C=C\C/C=C\C/C=C\C/C=C\C/C=C\C/C=C\C/C=C\C/C=C\CCCCCCCC(=O)NC(COC1OC(CO)C(OC2OC(CO)C(OC3OC(CO)C(O)C(O)C3O)C(O)C2O)C(O)C1O)C(O)/C=C/CC/C=C/CCCCCCCCCCCCCCCCCCC. The summed E-state index contributed by atoms with van der Waals surface area (Å²) in [6, 6.07) is -1.01. The Kier molecular flexibility index (Phi) is 55.2. The number of allylic oxidation sites excluding steroid dienone is 21. The van der Waals surface area contributed by atoms with Crippen LogP contribution in [0.5, 0.6) is 0 Å². The Morgan fingerprint density at radius 2 is 0.693 bits per heavy atom. The van der Waals surface area contributed by atoms with Crippen molar-refractivity contribution < 1.29 is 89.4 Å². The first kappa shape index (κ1) is 91.1. The minimum atomic E-state index is -1.99. The number of amides is 1. The predicted molar refractivity (Wildman–Crippen MR) is 401 cm³/mol. The number of hydrogen-bond acceptors (Lipinski definition) is 18. The molecule has 3 heterocycles. The molecule has 0 aromatic rings. The molecule has 101 heavy (non-hydrogen) atoms. The topological polar surface area (TPSA) is 307 Å². The summed E-state index contributed by atoms with van der Waals surface area (Å²) in [6.07, 6.45) is 59.9. The van der Waals surface area contributed by atoms with Gasteiger partial charge in [-0.2, -0.15) is 0 Å². The van der Waals surface area contributed by atoms with E-state index in [-0.39, 0.29) is 18.9 Å². The highest BCUT2D eigenvalue weighted by molar-refractivity contribution is 5.76. The maximum Gasteiger partial charge on any atom is 0.220 e. The molecule has 17 unspecified atom stereocenters. The largest absolute Gasteiger partial charge is 0.394 e. The molecule has 3 fully saturated rings. The Balaban J connectivity index is 1.42. The summed E-state index contributed by atoms with van der Waals surface area (Å²) >= 11 is 0. The van der Waals surface area contributed by atoms with Gasteiger partial charge in [0.05, 0.1) is 38.6 Å². The van der Waals surface area contributed by atoms with Crippen LogP contribution in [0.4, 0.5) is 0 Å². The van der Waals surface area contributed by atoms with Crippen LogP contribution in [-0.4, -0.2) is 193 Å². The fourth-order valence-electron chi connectivity index (χ4n) is 12.2. The van der Waals surface area contributed by atoms with Crippen molar-refractivity contribution in [1.82, 2.24) is 5.32 Å². The van der Waals surface area contributed by atoms with E-state index in [1.54, 1.807) is 6.08 Å². The lowest BCUT2D eigenvalue weighted by atomic mass is 9.96. The Morgan fingerprint density at radius 3 is 1.11 bits per heavy atom. The monoisotopic (exact) mass is 1420 g/mol. The van der Waals surface area contributed by atoms with E-state index in [1.807, 2.05) is 6.08 Å². The molecule has 0 bridgehead atoms. The van der Waals surface area contributed by atoms with E-state index >= 15 is 0 Å². The van der Waals surface area contributed by atoms with Gasteiger partial charge < -0.3 is 89.9 Å². The summed E-state index contributed by atoms with van der Waals surface area (Å²) in [5, 5.41) is 121. The molecule has 19 nitrogen and oxygen atoms in total. The number of unbranched alkanes of at least 4 members (excludes halogenated alkanes) is 23. The average molecular weight is 1420 g/mol.